The Balaban J connectivity index is 1.65. The standard InChI is InChI=1S/C25H19F7N4O2S/c26-18-11-33-6-5-20(18)36-22(37)21(39-23(36)38)16(12-2-4-19-14(7-12)10-34-35-19)8-13-1-3-15(24(27,28)29)9-17(13)25(30,31)32/h1-4,7,9-10,18,20,33H,5-6,8,11H2,(H,34,35)/b21-16-/t18-,20-/m0/s1. The summed E-state index contributed by atoms with van der Waals surface area (Å²) in [6.07, 6.45) is -10.7. The van der Waals surface area contributed by atoms with Crippen molar-refractivity contribution in [3.8, 4) is 0 Å². The fourth-order valence-corrected chi connectivity index (χ4v) is 5.74. The van der Waals surface area contributed by atoms with Crippen LogP contribution in [-0.4, -0.2) is 51.5 Å². The summed E-state index contributed by atoms with van der Waals surface area (Å²) in [4.78, 5) is 27.0. The van der Waals surface area contributed by atoms with Crippen LogP contribution in [0.1, 0.15) is 28.7 Å². The number of benzene rings is 2. The van der Waals surface area contributed by atoms with Crippen molar-refractivity contribution in [1.29, 1.82) is 0 Å². The fourth-order valence-electron chi connectivity index (χ4n) is 4.75. The van der Waals surface area contributed by atoms with Gasteiger partial charge < -0.3 is 5.32 Å². The van der Waals surface area contributed by atoms with Crippen LogP contribution in [0.25, 0.3) is 16.5 Å². The van der Waals surface area contributed by atoms with Crippen LogP contribution in [-0.2, 0) is 23.6 Å². The highest BCUT2D eigenvalue weighted by Crippen LogP contribution is 2.43. The van der Waals surface area contributed by atoms with Gasteiger partial charge in [0.15, 0.2) is 0 Å². The van der Waals surface area contributed by atoms with Gasteiger partial charge >= 0.3 is 12.4 Å². The van der Waals surface area contributed by atoms with E-state index in [4.69, 9.17) is 0 Å². The van der Waals surface area contributed by atoms with Gasteiger partial charge in [0.25, 0.3) is 11.1 Å². The maximum absolute atomic E-state index is 14.6. The SMILES string of the molecule is O=C1S/C(=C(/Cc2ccc(C(F)(F)F)cc2C(F)(F)F)c2ccc3[nH]ncc3c2)C(=O)N1[C@H]1CCNC[C@@H]1F. The molecule has 206 valence electrons. The molecule has 0 aliphatic carbocycles. The van der Waals surface area contributed by atoms with Gasteiger partial charge in [-0.3, -0.25) is 19.6 Å². The Bertz CT molecular complexity index is 1480. The van der Waals surface area contributed by atoms with Crippen molar-refractivity contribution in [3.05, 3.63) is 69.8 Å². The van der Waals surface area contributed by atoms with Gasteiger partial charge in [0.1, 0.15) is 6.17 Å². The van der Waals surface area contributed by atoms with Crippen LogP contribution < -0.4 is 5.32 Å². The first kappa shape index (κ1) is 27.2. The van der Waals surface area contributed by atoms with E-state index in [1.807, 2.05) is 0 Å². The number of H-pyrrole nitrogens is 1. The van der Waals surface area contributed by atoms with Crippen molar-refractivity contribution in [1.82, 2.24) is 20.4 Å². The molecular weight excluding hydrogens is 553 g/mol. The van der Waals surface area contributed by atoms with E-state index in [-0.39, 0.29) is 35.1 Å². The van der Waals surface area contributed by atoms with Gasteiger partial charge in [0.2, 0.25) is 0 Å². The molecule has 0 saturated carbocycles. The summed E-state index contributed by atoms with van der Waals surface area (Å²) < 4.78 is 96.0. The van der Waals surface area contributed by atoms with Crippen LogP contribution in [0.15, 0.2) is 47.5 Å². The number of amides is 2. The third-order valence-corrected chi connectivity index (χ3v) is 7.67. The molecule has 39 heavy (non-hydrogen) atoms. The number of rotatable bonds is 4. The molecule has 2 amide bonds. The zero-order chi connectivity index (χ0) is 28.1. The van der Waals surface area contributed by atoms with Gasteiger partial charge in [0.05, 0.1) is 33.8 Å². The molecule has 6 nitrogen and oxygen atoms in total. The maximum atomic E-state index is 14.6. The molecule has 0 radical (unpaired) electrons. The van der Waals surface area contributed by atoms with Crippen LogP contribution in [0.4, 0.5) is 35.5 Å². The Morgan fingerprint density at radius 2 is 1.82 bits per heavy atom. The molecule has 1 aromatic heterocycles. The average molecular weight is 573 g/mol. The number of hydrogen-bond donors (Lipinski definition) is 2. The molecule has 3 aromatic rings. The summed E-state index contributed by atoms with van der Waals surface area (Å²) in [5, 5.41) is 9.22. The van der Waals surface area contributed by atoms with E-state index < -0.39 is 58.8 Å². The molecule has 3 heterocycles. The molecular formula is C25H19F7N4O2S. The lowest BCUT2D eigenvalue weighted by molar-refractivity contribution is -0.143. The van der Waals surface area contributed by atoms with Crippen LogP contribution in [0.3, 0.4) is 0 Å². The number of carbonyl (C=O) groups is 2. The second-order valence-corrected chi connectivity index (χ2v) is 10.1. The van der Waals surface area contributed by atoms with Crippen LogP contribution in [0.2, 0.25) is 0 Å². The fraction of sp³-hybridized carbons (Fsp3) is 0.320. The van der Waals surface area contributed by atoms with Gasteiger partial charge in [-0.2, -0.15) is 31.4 Å². The zero-order valence-corrected chi connectivity index (χ0v) is 20.6. The maximum Gasteiger partial charge on any atom is 0.416 e. The van der Waals surface area contributed by atoms with E-state index in [1.54, 1.807) is 12.1 Å². The monoisotopic (exact) mass is 572 g/mol. The Labute approximate surface area is 220 Å². The summed E-state index contributed by atoms with van der Waals surface area (Å²) in [7, 11) is 0. The lowest BCUT2D eigenvalue weighted by atomic mass is 9.92. The third-order valence-electron chi connectivity index (χ3n) is 6.68. The van der Waals surface area contributed by atoms with Gasteiger partial charge in [0, 0.05) is 11.9 Å². The summed E-state index contributed by atoms with van der Waals surface area (Å²) in [6.45, 7) is 0.284. The number of carbonyl (C=O) groups excluding carboxylic acids is 2. The van der Waals surface area contributed by atoms with Crippen LogP contribution in [0.5, 0.6) is 0 Å². The molecule has 0 unspecified atom stereocenters. The second kappa shape index (κ2) is 9.97. The first-order valence-corrected chi connectivity index (χ1v) is 12.5. The molecule has 2 fully saturated rings. The predicted octanol–water partition coefficient (Wildman–Crippen LogP) is 5.95. The van der Waals surface area contributed by atoms with Gasteiger partial charge in [-0.05, 0) is 72.1 Å². The number of nitrogens with one attached hydrogen (secondary N) is 2. The number of nitrogens with zero attached hydrogens (tertiary/aromatic N) is 2. The van der Waals surface area contributed by atoms with Crippen molar-refractivity contribution in [2.45, 2.75) is 37.4 Å². The van der Waals surface area contributed by atoms with E-state index in [0.717, 1.165) is 11.0 Å². The molecule has 0 bridgehead atoms. The highest BCUT2D eigenvalue weighted by atomic mass is 32.2. The van der Waals surface area contributed by atoms with Crippen molar-refractivity contribution < 1.29 is 40.3 Å². The van der Waals surface area contributed by atoms with E-state index in [9.17, 15) is 40.3 Å². The average Bonchev–Trinajstić information content (AvgIpc) is 3.45. The zero-order valence-electron chi connectivity index (χ0n) is 19.8. The number of fused-ring (bicyclic) bond motifs is 1. The predicted molar refractivity (Wildman–Crippen MR) is 129 cm³/mol. The number of alkyl halides is 7. The number of aromatic amines is 1. The van der Waals surface area contributed by atoms with Crippen LogP contribution >= 0.6 is 11.8 Å². The molecule has 2 aliphatic rings. The van der Waals surface area contributed by atoms with E-state index in [2.05, 4.69) is 15.5 Å². The molecule has 2 aromatic carbocycles. The smallest absolute Gasteiger partial charge is 0.314 e. The first-order chi connectivity index (χ1) is 18.3. The number of thioether (sulfide) groups is 1. The molecule has 14 heteroatoms. The molecule has 2 N–H and O–H groups in total. The quantitative estimate of drug-likeness (QED) is 0.299. The Kier molecular flexibility index (Phi) is 6.95. The number of halogens is 7. The van der Waals surface area contributed by atoms with Gasteiger partial charge in [-0.1, -0.05) is 12.1 Å². The lowest BCUT2D eigenvalue weighted by Crippen LogP contribution is -2.52. The third kappa shape index (κ3) is 5.26. The molecule has 0 spiro atoms. The lowest BCUT2D eigenvalue weighted by Gasteiger charge is -2.32. The van der Waals surface area contributed by atoms with Crippen molar-refractivity contribution in [2.24, 2.45) is 0 Å². The topological polar surface area (TPSA) is 78.1 Å². The summed E-state index contributed by atoms with van der Waals surface area (Å²) in [5.74, 6) is -0.859. The normalized spacial score (nSPS) is 22.2. The second-order valence-electron chi connectivity index (χ2n) is 9.14. The van der Waals surface area contributed by atoms with Crippen LogP contribution in [0, 0.1) is 0 Å². The van der Waals surface area contributed by atoms with Crippen molar-refractivity contribution in [3.63, 3.8) is 0 Å². The molecule has 2 aliphatic heterocycles. The van der Waals surface area contributed by atoms with Gasteiger partial charge in [-0.15, -0.1) is 0 Å². The minimum atomic E-state index is -5.13. The molecule has 2 saturated heterocycles. The number of imide groups is 1. The van der Waals surface area contributed by atoms with E-state index in [0.29, 0.717) is 35.3 Å². The largest absolute Gasteiger partial charge is 0.416 e. The molecule has 5 rings (SSSR count). The van der Waals surface area contributed by atoms with Gasteiger partial charge in [-0.25, -0.2) is 4.39 Å². The highest BCUT2D eigenvalue weighted by molar-refractivity contribution is 8.18. The summed E-state index contributed by atoms with van der Waals surface area (Å²) in [6, 6.07) is 4.86. The summed E-state index contributed by atoms with van der Waals surface area (Å²) in [5.41, 5.74) is -2.65. The Morgan fingerprint density at radius 3 is 2.51 bits per heavy atom. The van der Waals surface area contributed by atoms with E-state index >= 15 is 0 Å². The molecule has 2 atom stereocenters. The Morgan fingerprint density at radius 1 is 1.05 bits per heavy atom. The minimum Gasteiger partial charge on any atom is -0.314 e. The van der Waals surface area contributed by atoms with E-state index in [1.165, 1.54) is 12.3 Å². The van der Waals surface area contributed by atoms with Crippen molar-refractivity contribution in [2.75, 3.05) is 13.1 Å². The number of piperidine rings is 1. The number of hydrogen-bond acceptors (Lipinski definition) is 5. The minimum absolute atomic E-state index is 0.00134. The first-order valence-electron chi connectivity index (χ1n) is 11.7. The summed E-state index contributed by atoms with van der Waals surface area (Å²) >= 11 is 0.473. The highest BCUT2D eigenvalue weighted by Gasteiger charge is 2.45. The number of aromatic nitrogens is 2. The number of allylic oxidation sites excluding steroid dienone is 1. The van der Waals surface area contributed by atoms with Crippen molar-refractivity contribution >= 4 is 39.4 Å². The Hall–Kier alpha value is -3.39.